The minimum absolute atomic E-state index is 0.381. The van der Waals surface area contributed by atoms with Crippen LogP contribution in [-0.2, 0) is 0 Å². The average molecular weight is 1210 g/mol. The van der Waals surface area contributed by atoms with Crippen LogP contribution in [0.4, 0.5) is 0 Å². The molecule has 17 rings (SSSR count). The second kappa shape index (κ2) is 22.7. The van der Waals surface area contributed by atoms with E-state index in [-0.39, 0.29) is 0 Å². The lowest BCUT2D eigenvalue weighted by atomic mass is 9.92. The molecule has 9 heteroatoms. The molecule has 0 spiro atoms. The SMILES string of the molecule is N#Cc1cc(C#N)cc(-c2ccc3c(c2)c2cc(-c4cc(C#N)cc(C#N)c4)ccc2n3-c2c(-c3ccc(-n4c5ccccc5c5ccccc54)cc3)cc(-c3nc(-c4ccccc4)cc(-c4ccccc4)n3)cc2-c2ccc(-n3c4ccccc4c4ccccc43)cc2)c1. The molecule has 0 aliphatic carbocycles. The monoisotopic (exact) mass is 1210 g/mol. The molecule has 0 fully saturated rings. The van der Waals surface area contributed by atoms with Gasteiger partial charge in [0.2, 0.25) is 0 Å². The number of rotatable bonds is 10. The van der Waals surface area contributed by atoms with Crippen LogP contribution in [0.25, 0.3) is 161 Å². The Hall–Kier alpha value is -13.7. The van der Waals surface area contributed by atoms with Crippen LogP contribution in [0.15, 0.2) is 297 Å². The maximum Gasteiger partial charge on any atom is 0.160 e. The largest absolute Gasteiger partial charge is 0.309 e. The van der Waals surface area contributed by atoms with Crippen LogP contribution in [0.3, 0.4) is 0 Å². The predicted octanol–water partition coefficient (Wildman–Crippen LogP) is 20.9. The fourth-order valence-corrected chi connectivity index (χ4v) is 14.0. The van der Waals surface area contributed by atoms with E-state index in [1.807, 2.05) is 60.7 Å². The van der Waals surface area contributed by atoms with Crippen molar-refractivity contribution >= 4 is 65.4 Å². The van der Waals surface area contributed by atoms with E-state index >= 15 is 0 Å². The molecular formula is C86H49N9. The summed E-state index contributed by atoms with van der Waals surface area (Å²) in [4.78, 5) is 11.0. The molecule has 4 heterocycles. The van der Waals surface area contributed by atoms with E-state index < -0.39 is 0 Å². The van der Waals surface area contributed by atoms with Crippen molar-refractivity contribution in [3.05, 3.63) is 320 Å². The number of hydrogen-bond acceptors (Lipinski definition) is 6. The van der Waals surface area contributed by atoms with Crippen molar-refractivity contribution in [1.82, 2.24) is 23.7 Å². The van der Waals surface area contributed by atoms with Gasteiger partial charge in [0.25, 0.3) is 0 Å². The Kier molecular flexibility index (Phi) is 13.2. The van der Waals surface area contributed by atoms with Gasteiger partial charge in [-0.15, -0.1) is 0 Å². The Balaban J connectivity index is 0.985. The van der Waals surface area contributed by atoms with Gasteiger partial charge >= 0.3 is 0 Å². The van der Waals surface area contributed by atoms with Crippen LogP contribution in [0.2, 0.25) is 0 Å². The maximum atomic E-state index is 10.2. The highest BCUT2D eigenvalue weighted by molar-refractivity contribution is 6.14. The molecule has 438 valence electrons. The zero-order chi connectivity index (χ0) is 63.7. The second-order valence-electron chi connectivity index (χ2n) is 23.8. The fraction of sp³-hybridized carbons (Fsp3) is 0. The van der Waals surface area contributed by atoms with Gasteiger partial charge in [-0.2, -0.15) is 21.0 Å². The van der Waals surface area contributed by atoms with Crippen molar-refractivity contribution < 1.29 is 0 Å². The first kappa shape index (κ1) is 55.4. The van der Waals surface area contributed by atoms with Crippen LogP contribution in [0, 0.1) is 45.3 Å². The van der Waals surface area contributed by atoms with Crippen LogP contribution >= 0.6 is 0 Å². The number of nitrogens with zero attached hydrogens (tertiary/aromatic N) is 9. The van der Waals surface area contributed by atoms with Gasteiger partial charge in [-0.1, -0.05) is 170 Å². The lowest BCUT2D eigenvalue weighted by Crippen LogP contribution is -2.04. The quantitative estimate of drug-likeness (QED) is 0.134. The molecule has 0 aliphatic heterocycles. The zero-order valence-corrected chi connectivity index (χ0v) is 50.8. The van der Waals surface area contributed by atoms with Crippen molar-refractivity contribution in [2.75, 3.05) is 0 Å². The molecule has 0 atom stereocenters. The molecule has 4 aromatic heterocycles. The molecule has 0 unspecified atom stereocenters. The molecule has 0 bridgehead atoms. The molecule has 13 aromatic carbocycles. The minimum atomic E-state index is 0.381. The normalized spacial score (nSPS) is 11.3. The highest BCUT2D eigenvalue weighted by atomic mass is 15.0. The number of benzene rings is 13. The van der Waals surface area contributed by atoms with Gasteiger partial charge in [0.1, 0.15) is 0 Å². The third kappa shape index (κ3) is 9.45. The molecule has 0 N–H and O–H groups in total. The summed E-state index contributed by atoms with van der Waals surface area (Å²) in [7, 11) is 0. The first-order valence-electron chi connectivity index (χ1n) is 31.2. The Morgan fingerprint density at radius 3 is 0.916 bits per heavy atom. The number of fused-ring (bicyclic) bond motifs is 9. The summed E-state index contributed by atoms with van der Waals surface area (Å²) in [5, 5.41) is 47.4. The molecular weight excluding hydrogens is 1160 g/mol. The number of hydrogen-bond donors (Lipinski definition) is 0. The fourth-order valence-electron chi connectivity index (χ4n) is 14.0. The summed E-state index contributed by atoms with van der Waals surface area (Å²) in [6, 6.07) is 111. The Morgan fingerprint density at radius 1 is 0.232 bits per heavy atom. The summed E-state index contributed by atoms with van der Waals surface area (Å²) in [5.74, 6) is 0.548. The van der Waals surface area contributed by atoms with Crippen LogP contribution in [-0.4, -0.2) is 23.7 Å². The topological polar surface area (TPSA) is 136 Å². The van der Waals surface area contributed by atoms with Crippen molar-refractivity contribution in [3.63, 3.8) is 0 Å². The molecule has 0 saturated heterocycles. The first-order valence-corrected chi connectivity index (χ1v) is 31.2. The van der Waals surface area contributed by atoms with Gasteiger partial charge in [-0.3, -0.25) is 0 Å². The number of aromatic nitrogens is 5. The predicted molar refractivity (Wildman–Crippen MR) is 382 cm³/mol. The van der Waals surface area contributed by atoms with Gasteiger partial charge in [0.05, 0.1) is 96.7 Å². The van der Waals surface area contributed by atoms with Crippen molar-refractivity contribution in [2.24, 2.45) is 0 Å². The van der Waals surface area contributed by atoms with Gasteiger partial charge in [0, 0.05) is 71.5 Å². The van der Waals surface area contributed by atoms with Crippen molar-refractivity contribution in [1.29, 1.82) is 21.0 Å². The van der Waals surface area contributed by atoms with E-state index in [2.05, 4.69) is 262 Å². The summed E-state index contributed by atoms with van der Waals surface area (Å²) in [6.45, 7) is 0. The van der Waals surface area contributed by atoms with Gasteiger partial charge in [-0.05, 0) is 161 Å². The molecule has 0 aliphatic rings. The number of nitriles is 4. The summed E-state index contributed by atoms with van der Waals surface area (Å²) < 4.78 is 7.04. The summed E-state index contributed by atoms with van der Waals surface area (Å²) in [6.07, 6.45) is 0. The molecule has 0 saturated carbocycles. The number of para-hydroxylation sites is 4. The standard InChI is InChI=1S/C86H49N9/c87-50-54-39-55(51-88)42-64(41-54)62-31-37-83-75(45-62)76-46-63(65-43-56(52-89)40-57(44-65)53-90)32-38-84(76)95(83)85-73(58-27-33-67(34-28-58)93-79-23-11-7-19-69(79)70-20-8-12-24-80(70)93)47-66(86-91-77(60-15-3-1-4-16-60)49-78(92-86)61-17-5-2-6-18-61)48-74(85)59-29-35-68(36-30-59)94-81-25-13-9-21-71(81)72-22-10-14-26-82(72)94/h1-49H. The smallest absolute Gasteiger partial charge is 0.160 e. The van der Waals surface area contributed by atoms with E-state index in [0.717, 1.165) is 134 Å². The molecule has 0 amide bonds. The Morgan fingerprint density at radius 2 is 0.558 bits per heavy atom. The van der Waals surface area contributed by atoms with Crippen molar-refractivity contribution in [2.45, 2.75) is 0 Å². The molecule has 95 heavy (non-hydrogen) atoms. The average Bonchev–Trinajstić information content (AvgIpc) is 1.66. The lowest BCUT2D eigenvalue weighted by molar-refractivity contribution is 1.16. The zero-order valence-electron chi connectivity index (χ0n) is 50.8. The Bertz CT molecular complexity index is 5640. The highest BCUT2D eigenvalue weighted by Gasteiger charge is 2.26. The van der Waals surface area contributed by atoms with Crippen molar-refractivity contribution in [3.8, 4) is 120 Å². The third-order valence-corrected chi connectivity index (χ3v) is 18.3. The van der Waals surface area contributed by atoms with Gasteiger partial charge < -0.3 is 13.7 Å². The third-order valence-electron chi connectivity index (χ3n) is 18.3. The van der Waals surface area contributed by atoms with E-state index in [9.17, 15) is 21.0 Å². The first-order chi connectivity index (χ1) is 46.9. The van der Waals surface area contributed by atoms with Gasteiger partial charge in [0.15, 0.2) is 5.82 Å². The van der Waals surface area contributed by atoms with Crippen LogP contribution in [0.1, 0.15) is 22.3 Å². The van der Waals surface area contributed by atoms with Crippen LogP contribution in [0.5, 0.6) is 0 Å². The maximum absolute atomic E-state index is 10.2. The Labute approximate surface area is 546 Å². The van der Waals surface area contributed by atoms with Gasteiger partial charge in [-0.25, -0.2) is 9.97 Å². The summed E-state index contributed by atoms with van der Waals surface area (Å²) in [5.41, 5.74) is 21.7. The molecule has 9 nitrogen and oxygen atoms in total. The molecule has 0 radical (unpaired) electrons. The highest BCUT2D eigenvalue weighted by Crippen LogP contribution is 2.47. The van der Waals surface area contributed by atoms with E-state index in [0.29, 0.717) is 28.1 Å². The van der Waals surface area contributed by atoms with E-state index in [1.54, 1.807) is 12.1 Å². The van der Waals surface area contributed by atoms with E-state index in [4.69, 9.17) is 9.97 Å². The second-order valence-corrected chi connectivity index (χ2v) is 23.8. The summed E-state index contributed by atoms with van der Waals surface area (Å²) >= 11 is 0. The van der Waals surface area contributed by atoms with E-state index in [1.165, 1.54) is 21.5 Å². The molecule has 17 aromatic rings. The minimum Gasteiger partial charge on any atom is -0.309 e. The lowest BCUT2D eigenvalue weighted by Gasteiger charge is -2.22. The van der Waals surface area contributed by atoms with Crippen LogP contribution < -0.4 is 0 Å².